The largest absolute Gasteiger partial charge is 0.493 e. The van der Waals surface area contributed by atoms with Crippen molar-refractivity contribution in [2.45, 2.75) is 19.8 Å². The highest BCUT2D eigenvalue weighted by Crippen LogP contribution is 2.30. The maximum absolute atomic E-state index is 11.9. The summed E-state index contributed by atoms with van der Waals surface area (Å²) in [4.78, 5) is 4.21. The predicted octanol–water partition coefficient (Wildman–Crippen LogP) is 3.77. The lowest BCUT2D eigenvalue weighted by molar-refractivity contribution is 0.390. The SMILES string of the molecule is CCCCS(=O)(=O)Oc1ccc(/C=C/c2ccccn2)cc1OC. The number of hydrogen-bond donors (Lipinski definition) is 0. The zero-order valence-corrected chi connectivity index (χ0v) is 14.6. The normalized spacial score (nSPS) is 11.6. The molecule has 0 saturated carbocycles. The van der Waals surface area contributed by atoms with E-state index in [1.807, 2.05) is 37.3 Å². The second kappa shape index (κ2) is 8.49. The van der Waals surface area contributed by atoms with Crippen LogP contribution in [0, 0.1) is 0 Å². The summed E-state index contributed by atoms with van der Waals surface area (Å²) >= 11 is 0. The molecule has 0 bridgehead atoms. The van der Waals surface area contributed by atoms with E-state index in [1.54, 1.807) is 24.4 Å². The topological polar surface area (TPSA) is 65.5 Å². The molecule has 0 atom stereocenters. The highest BCUT2D eigenvalue weighted by molar-refractivity contribution is 7.87. The van der Waals surface area contributed by atoms with Gasteiger partial charge in [-0.25, -0.2) is 0 Å². The van der Waals surface area contributed by atoms with Gasteiger partial charge in [0.2, 0.25) is 0 Å². The minimum atomic E-state index is -3.61. The second-order valence-corrected chi connectivity index (χ2v) is 6.89. The van der Waals surface area contributed by atoms with Crippen LogP contribution in [0.1, 0.15) is 31.0 Å². The fraction of sp³-hybridized carbons (Fsp3) is 0.278. The quantitative estimate of drug-likeness (QED) is 0.680. The molecule has 1 aromatic carbocycles. The third-order valence-electron chi connectivity index (χ3n) is 3.29. The third-order valence-corrected chi connectivity index (χ3v) is 4.51. The summed E-state index contributed by atoms with van der Waals surface area (Å²) in [5.41, 5.74) is 1.69. The number of nitrogens with zero attached hydrogens (tertiary/aromatic N) is 1. The van der Waals surface area contributed by atoms with Crippen molar-refractivity contribution in [1.29, 1.82) is 0 Å². The Hall–Kier alpha value is -2.34. The molecular weight excluding hydrogens is 326 g/mol. The van der Waals surface area contributed by atoms with Crippen LogP contribution in [0.3, 0.4) is 0 Å². The minimum absolute atomic E-state index is 0.00597. The fourth-order valence-electron chi connectivity index (χ4n) is 2.01. The molecule has 6 heteroatoms. The van der Waals surface area contributed by atoms with Crippen molar-refractivity contribution < 1.29 is 17.3 Å². The van der Waals surface area contributed by atoms with Gasteiger partial charge in [0, 0.05) is 6.20 Å². The zero-order chi connectivity index (χ0) is 17.4. The lowest BCUT2D eigenvalue weighted by Crippen LogP contribution is -2.14. The van der Waals surface area contributed by atoms with Crippen LogP contribution in [0.4, 0.5) is 0 Å². The monoisotopic (exact) mass is 347 g/mol. The summed E-state index contributed by atoms with van der Waals surface area (Å²) in [7, 11) is -2.13. The van der Waals surface area contributed by atoms with Crippen molar-refractivity contribution >= 4 is 22.3 Å². The second-order valence-electron chi connectivity index (χ2n) is 5.20. The van der Waals surface area contributed by atoms with Crippen LogP contribution in [-0.4, -0.2) is 26.3 Å². The molecule has 2 rings (SSSR count). The van der Waals surface area contributed by atoms with Gasteiger partial charge in [0.15, 0.2) is 11.5 Å². The molecule has 5 nitrogen and oxygen atoms in total. The summed E-state index contributed by atoms with van der Waals surface area (Å²) < 4.78 is 34.2. The van der Waals surface area contributed by atoms with Gasteiger partial charge in [-0.15, -0.1) is 0 Å². The molecule has 0 amide bonds. The number of ether oxygens (including phenoxy) is 1. The summed E-state index contributed by atoms with van der Waals surface area (Å²) in [6.07, 6.45) is 6.82. The third kappa shape index (κ3) is 5.38. The van der Waals surface area contributed by atoms with Crippen molar-refractivity contribution in [3.63, 3.8) is 0 Å². The summed E-state index contributed by atoms with van der Waals surface area (Å²) in [6.45, 7) is 1.93. The predicted molar refractivity (Wildman–Crippen MR) is 95.5 cm³/mol. The molecule has 0 fully saturated rings. The Morgan fingerprint density at radius 2 is 1.96 bits per heavy atom. The number of rotatable bonds is 8. The van der Waals surface area contributed by atoms with E-state index in [9.17, 15) is 8.42 Å². The van der Waals surface area contributed by atoms with Crippen molar-refractivity contribution in [2.75, 3.05) is 12.9 Å². The summed E-state index contributed by atoms with van der Waals surface area (Å²) in [5, 5.41) is 0. The number of hydrogen-bond acceptors (Lipinski definition) is 5. The zero-order valence-electron chi connectivity index (χ0n) is 13.8. The lowest BCUT2D eigenvalue weighted by atomic mass is 10.1. The molecule has 0 radical (unpaired) electrons. The van der Waals surface area contributed by atoms with E-state index < -0.39 is 10.1 Å². The number of pyridine rings is 1. The first kappa shape index (κ1) is 18.0. The molecule has 0 N–H and O–H groups in total. The Morgan fingerprint density at radius 1 is 1.12 bits per heavy atom. The number of aromatic nitrogens is 1. The van der Waals surface area contributed by atoms with E-state index >= 15 is 0 Å². The molecule has 0 aliphatic carbocycles. The van der Waals surface area contributed by atoms with Gasteiger partial charge in [0.25, 0.3) is 0 Å². The first-order chi connectivity index (χ1) is 11.5. The molecule has 2 aromatic rings. The highest BCUT2D eigenvalue weighted by Gasteiger charge is 2.15. The van der Waals surface area contributed by atoms with E-state index in [0.717, 1.165) is 17.7 Å². The first-order valence-electron chi connectivity index (χ1n) is 7.73. The van der Waals surface area contributed by atoms with Gasteiger partial charge in [-0.1, -0.05) is 31.6 Å². The van der Waals surface area contributed by atoms with Crippen molar-refractivity contribution in [1.82, 2.24) is 4.98 Å². The van der Waals surface area contributed by atoms with E-state index in [2.05, 4.69) is 4.98 Å². The van der Waals surface area contributed by atoms with Gasteiger partial charge in [-0.3, -0.25) is 4.98 Å². The first-order valence-corrected chi connectivity index (χ1v) is 9.31. The van der Waals surface area contributed by atoms with Crippen LogP contribution >= 0.6 is 0 Å². The molecule has 0 aliphatic rings. The molecular formula is C18H21NO4S. The van der Waals surface area contributed by atoms with Gasteiger partial charge >= 0.3 is 10.1 Å². The van der Waals surface area contributed by atoms with Crippen molar-refractivity contribution in [2.24, 2.45) is 0 Å². The van der Waals surface area contributed by atoms with E-state index in [0.29, 0.717) is 12.2 Å². The van der Waals surface area contributed by atoms with Crippen LogP contribution in [0.5, 0.6) is 11.5 Å². The maximum atomic E-state index is 11.9. The molecule has 1 heterocycles. The maximum Gasteiger partial charge on any atom is 0.309 e. The number of benzene rings is 1. The Morgan fingerprint density at radius 3 is 2.62 bits per heavy atom. The van der Waals surface area contributed by atoms with Gasteiger partial charge in [0.1, 0.15) is 0 Å². The number of unbranched alkanes of at least 4 members (excludes halogenated alkanes) is 1. The van der Waals surface area contributed by atoms with Crippen LogP contribution in [0.25, 0.3) is 12.2 Å². The van der Waals surface area contributed by atoms with E-state index in [-0.39, 0.29) is 11.5 Å². The molecule has 1 aromatic heterocycles. The van der Waals surface area contributed by atoms with E-state index in [4.69, 9.17) is 8.92 Å². The minimum Gasteiger partial charge on any atom is -0.493 e. The smallest absolute Gasteiger partial charge is 0.309 e. The van der Waals surface area contributed by atoms with Gasteiger partial charge < -0.3 is 8.92 Å². The van der Waals surface area contributed by atoms with E-state index in [1.165, 1.54) is 7.11 Å². The van der Waals surface area contributed by atoms with Crippen LogP contribution in [0.2, 0.25) is 0 Å². The molecule has 128 valence electrons. The summed E-state index contributed by atoms with van der Waals surface area (Å²) in [6, 6.07) is 10.7. The average Bonchev–Trinajstić information content (AvgIpc) is 2.59. The number of methoxy groups -OCH3 is 1. The fourth-order valence-corrected chi connectivity index (χ4v) is 3.15. The van der Waals surface area contributed by atoms with Gasteiger partial charge in [0.05, 0.1) is 18.6 Å². The van der Waals surface area contributed by atoms with Gasteiger partial charge in [-0.05, 0) is 42.3 Å². The molecule has 0 saturated heterocycles. The lowest BCUT2D eigenvalue weighted by Gasteiger charge is -2.11. The Labute approximate surface area is 143 Å². The standard InChI is InChI=1S/C18H21NO4S/c1-3-4-13-24(20,21)23-17-11-9-15(14-18(17)22-2)8-10-16-7-5-6-12-19-16/h5-12,14H,3-4,13H2,1-2H3/b10-8+. The highest BCUT2D eigenvalue weighted by atomic mass is 32.2. The van der Waals surface area contributed by atoms with Crippen LogP contribution < -0.4 is 8.92 Å². The summed E-state index contributed by atoms with van der Waals surface area (Å²) in [5.74, 6) is 0.565. The van der Waals surface area contributed by atoms with Gasteiger partial charge in [-0.2, -0.15) is 8.42 Å². The Bertz CT molecular complexity index is 786. The van der Waals surface area contributed by atoms with Crippen molar-refractivity contribution in [3.8, 4) is 11.5 Å². The van der Waals surface area contributed by atoms with Crippen molar-refractivity contribution in [3.05, 3.63) is 53.9 Å². The molecule has 0 aliphatic heterocycles. The Kier molecular flexibility index (Phi) is 6.37. The molecule has 0 spiro atoms. The average molecular weight is 347 g/mol. The van der Waals surface area contributed by atoms with Crippen LogP contribution in [-0.2, 0) is 10.1 Å². The Balaban J connectivity index is 2.17. The molecule has 0 unspecified atom stereocenters. The molecule has 24 heavy (non-hydrogen) atoms. The van der Waals surface area contributed by atoms with Crippen LogP contribution in [0.15, 0.2) is 42.6 Å².